The maximum atomic E-state index is 13.1. The van der Waals surface area contributed by atoms with Crippen LogP contribution in [-0.4, -0.2) is 17.1 Å². The van der Waals surface area contributed by atoms with E-state index in [4.69, 9.17) is 5.11 Å². The largest absolute Gasteiger partial charge is 0.481 e. The van der Waals surface area contributed by atoms with Crippen LogP contribution in [0.3, 0.4) is 0 Å². The van der Waals surface area contributed by atoms with Gasteiger partial charge in [0.05, 0.1) is 6.42 Å². The predicted octanol–water partition coefficient (Wildman–Crippen LogP) is 1.78. The Hall–Kier alpha value is -1.42. The molecule has 0 aliphatic carbocycles. The van der Waals surface area contributed by atoms with Gasteiger partial charge in [0.1, 0.15) is 5.82 Å². The van der Waals surface area contributed by atoms with Gasteiger partial charge in [0.25, 0.3) is 0 Å². The van der Waals surface area contributed by atoms with Gasteiger partial charge in [0.15, 0.2) is 0 Å². The third-order valence-corrected chi connectivity index (χ3v) is 2.08. The number of carboxylic acid groups (broad SMARTS) is 1. The summed E-state index contributed by atoms with van der Waals surface area (Å²) in [6.07, 6.45) is 0.0362. The first-order valence-electron chi connectivity index (χ1n) is 4.78. The molecule has 15 heavy (non-hydrogen) atoms. The van der Waals surface area contributed by atoms with Crippen molar-refractivity contribution in [2.75, 3.05) is 0 Å². The van der Waals surface area contributed by atoms with E-state index in [0.29, 0.717) is 12.1 Å². The minimum atomic E-state index is -0.858. The molecule has 0 amide bonds. The lowest BCUT2D eigenvalue weighted by molar-refractivity contribution is -0.137. The van der Waals surface area contributed by atoms with Gasteiger partial charge in [0, 0.05) is 18.2 Å². The summed E-state index contributed by atoms with van der Waals surface area (Å²) in [5, 5.41) is 11.5. The molecule has 1 aromatic rings. The molecule has 1 unspecified atom stereocenters. The van der Waals surface area contributed by atoms with Crippen LogP contribution in [-0.2, 0) is 11.3 Å². The Morgan fingerprint density at radius 1 is 1.53 bits per heavy atom. The molecular weight excluding hydrogens is 197 g/mol. The molecule has 0 spiro atoms. The van der Waals surface area contributed by atoms with E-state index in [9.17, 15) is 9.18 Å². The van der Waals surface area contributed by atoms with Crippen molar-refractivity contribution in [2.45, 2.75) is 25.9 Å². The summed E-state index contributed by atoms with van der Waals surface area (Å²) in [6.45, 7) is 2.11. The second-order valence-electron chi connectivity index (χ2n) is 3.47. The average molecular weight is 211 g/mol. The fourth-order valence-corrected chi connectivity index (χ4v) is 1.26. The summed E-state index contributed by atoms with van der Waals surface area (Å²) in [6, 6.07) is 6.28. The number of nitrogens with one attached hydrogen (secondary N) is 1. The Morgan fingerprint density at radius 3 is 2.80 bits per heavy atom. The minimum absolute atomic E-state index is 0.0362. The van der Waals surface area contributed by atoms with E-state index in [-0.39, 0.29) is 18.3 Å². The Morgan fingerprint density at radius 2 is 2.20 bits per heavy atom. The van der Waals surface area contributed by atoms with Crippen LogP contribution in [0.15, 0.2) is 24.3 Å². The van der Waals surface area contributed by atoms with Gasteiger partial charge in [-0.15, -0.1) is 0 Å². The molecular formula is C11H14FNO2. The zero-order valence-corrected chi connectivity index (χ0v) is 8.53. The van der Waals surface area contributed by atoms with Crippen LogP contribution in [0.2, 0.25) is 0 Å². The molecule has 0 fully saturated rings. The zero-order chi connectivity index (χ0) is 11.3. The normalized spacial score (nSPS) is 12.4. The fourth-order valence-electron chi connectivity index (χ4n) is 1.26. The molecule has 3 nitrogen and oxygen atoms in total. The lowest BCUT2D eigenvalue weighted by Crippen LogP contribution is -2.28. The van der Waals surface area contributed by atoms with E-state index in [1.807, 2.05) is 0 Å². The van der Waals surface area contributed by atoms with Crippen LogP contribution in [0.25, 0.3) is 0 Å². The third kappa shape index (κ3) is 4.08. The van der Waals surface area contributed by atoms with E-state index >= 15 is 0 Å². The highest BCUT2D eigenvalue weighted by Gasteiger charge is 2.07. The number of aliphatic carboxylic acids is 1. The summed E-state index contributed by atoms with van der Waals surface area (Å²) in [5.41, 5.74) is 0.551. The molecule has 4 heteroatoms. The minimum Gasteiger partial charge on any atom is -0.481 e. The van der Waals surface area contributed by atoms with Gasteiger partial charge in [-0.25, -0.2) is 4.39 Å². The van der Waals surface area contributed by atoms with Gasteiger partial charge in [-0.3, -0.25) is 4.79 Å². The molecule has 1 atom stereocenters. The molecule has 0 saturated heterocycles. The summed E-state index contributed by atoms with van der Waals surface area (Å²) < 4.78 is 13.1. The number of hydrogen-bond acceptors (Lipinski definition) is 2. The van der Waals surface area contributed by atoms with Gasteiger partial charge in [0.2, 0.25) is 0 Å². The monoisotopic (exact) mass is 211 g/mol. The first-order chi connectivity index (χ1) is 7.09. The van der Waals surface area contributed by atoms with Crippen LogP contribution in [0, 0.1) is 5.82 Å². The lowest BCUT2D eigenvalue weighted by Gasteiger charge is -2.11. The molecule has 0 bridgehead atoms. The van der Waals surface area contributed by atoms with Crippen molar-refractivity contribution in [1.29, 1.82) is 0 Å². The average Bonchev–Trinajstić information content (AvgIpc) is 2.15. The topological polar surface area (TPSA) is 49.3 Å². The summed E-state index contributed by atoms with van der Waals surface area (Å²) in [5.74, 6) is -1.13. The van der Waals surface area contributed by atoms with Gasteiger partial charge in [-0.05, 0) is 13.0 Å². The van der Waals surface area contributed by atoms with Gasteiger partial charge in [-0.1, -0.05) is 18.2 Å². The van der Waals surface area contributed by atoms with Crippen LogP contribution >= 0.6 is 0 Å². The number of benzene rings is 1. The van der Waals surface area contributed by atoms with Crippen molar-refractivity contribution in [1.82, 2.24) is 5.32 Å². The predicted molar refractivity (Wildman–Crippen MR) is 55.0 cm³/mol. The number of carbonyl (C=O) groups is 1. The first kappa shape index (κ1) is 11.7. The van der Waals surface area contributed by atoms with Gasteiger partial charge < -0.3 is 10.4 Å². The van der Waals surface area contributed by atoms with Crippen LogP contribution < -0.4 is 5.32 Å². The molecule has 0 saturated carbocycles. The van der Waals surface area contributed by atoms with Crippen LogP contribution in [0.1, 0.15) is 18.9 Å². The standard InChI is InChI=1S/C11H14FNO2/c1-8(6-11(14)15)13-7-9-4-2-3-5-10(9)12/h2-5,8,13H,6-7H2,1H3,(H,14,15). The Bertz CT molecular complexity index is 341. The number of carboxylic acids is 1. The molecule has 0 aromatic heterocycles. The summed E-state index contributed by atoms with van der Waals surface area (Å²) in [7, 11) is 0. The molecule has 1 aromatic carbocycles. The van der Waals surface area contributed by atoms with Crippen molar-refractivity contribution in [3.8, 4) is 0 Å². The van der Waals surface area contributed by atoms with Crippen molar-refractivity contribution >= 4 is 5.97 Å². The van der Waals surface area contributed by atoms with Gasteiger partial charge >= 0.3 is 5.97 Å². The SMILES string of the molecule is CC(CC(=O)O)NCc1ccccc1F. The highest BCUT2D eigenvalue weighted by Crippen LogP contribution is 2.06. The van der Waals surface area contributed by atoms with Crippen molar-refractivity contribution < 1.29 is 14.3 Å². The number of rotatable bonds is 5. The highest BCUT2D eigenvalue weighted by atomic mass is 19.1. The van der Waals surface area contributed by atoms with E-state index in [1.165, 1.54) is 6.07 Å². The van der Waals surface area contributed by atoms with Gasteiger partial charge in [-0.2, -0.15) is 0 Å². The van der Waals surface area contributed by atoms with Crippen molar-refractivity contribution in [2.24, 2.45) is 0 Å². The zero-order valence-electron chi connectivity index (χ0n) is 8.53. The Labute approximate surface area is 87.9 Å². The summed E-state index contributed by atoms with van der Waals surface area (Å²) in [4.78, 5) is 10.4. The quantitative estimate of drug-likeness (QED) is 0.780. The van der Waals surface area contributed by atoms with E-state index < -0.39 is 5.97 Å². The molecule has 0 aliphatic heterocycles. The maximum absolute atomic E-state index is 13.1. The lowest BCUT2D eigenvalue weighted by atomic mass is 10.2. The van der Waals surface area contributed by atoms with Crippen LogP contribution in [0.5, 0.6) is 0 Å². The number of hydrogen-bond donors (Lipinski definition) is 2. The fraction of sp³-hybridized carbons (Fsp3) is 0.364. The molecule has 0 radical (unpaired) electrons. The van der Waals surface area contributed by atoms with Crippen LogP contribution in [0.4, 0.5) is 4.39 Å². The van der Waals surface area contributed by atoms with E-state index in [2.05, 4.69) is 5.32 Å². The molecule has 0 heterocycles. The van der Waals surface area contributed by atoms with Crippen molar-refractivity contribution in [3.63, 3.8) is 0 Å². The highest BCUT2D eigenvalue weighted by molar-refractivity contribution is 5.67. The second kappa shape index (κ2) is 5.46. The summed E-state index contributed by atoms with van der Waals surface area (Å²) >= 11 is 0. The third-order valence-electron chi connectivity index (χ3n) is 2.08. The maximum Gasteiger partial charge on any atom is 0.304 e. The molecule has 1 rings (SSSR count). The van der Waals surface area contributed by atoms with E-state index in [1.54, 1.807) is 25.1 Å². The second-order valence-corrected chi connectivity index (χ2v) is 3.47. The molecule has 2 N–H and O–H groups in total. The first-order valence-corrected chi connectivity index (χ1v) is 4.78. The van der Waals surface area contributed by atoms with E-state index in [0.717, 1.165) is 0 Å². The molecule has 82 valence electrons. The molecule has 0 aliphatic rings. The van der Waals surface area contributed by atoms with Crippen molar-refractivity contribution in [3.05, 3.63) is 35.6 Å². The number of halogens is 1. The Kier molecular flexibility index (Phi) is 4.24. The Balaban J connectivity index is 2.43. The smallest absolute Gasteiger partial charge is 0.304 e.